The average Bonchev–Trinajstić information content (AvgIpc) is 1.37. The van der Waals surface area contributed by atoms with E-state index >= 15 is 0 Å². The molecule has 0 aromatic heterocycles. The molecular weight excluding hydrogens is 182 g/mol. The fourth-order valence-electron chi connectivity index (χ4n) is 0. The summed E-state index contributed by atoms with van der Waals surface area (Å²) in [6.07, 6.45) is 0. The van der Waals surface area contributed by atoms with Crippen LogP contribution in [0.25, 0.3) is 0 Å². The summed E-state index contributed by atoms with van der Waals surface area (Å²) in [6, 6.07) is 0. The van der Waals surface area contributed by atoms with E-state index in [9.17, 15) is 0 Å². The van der Waals surface area contributed by atoms with E-state index in [1.54, 1.807) is 8.93 Å². The molecule has 0 amide bonds. The Morgan fingerprint density at radius 3 is 2.25 bits per heavy atom. The number of hydrogen-bond donors (Lipinski definition) is 0. The van der Waals surface area contributed by atoms with Crippen molar-refractivity contribution in [2.45, 2.75) is 0 Å². The minimum absolute atomic E-state index is 0.723. The molecule has 0 rings (SSSR count). The lowest BCUT2D eigenvalue weighted by Gasteiger charge is -1.66. The first-order valence-corrected chi connectivity index (χ1v) is 4.38. The zero-order chi connectivity index (χ0) is 3.41. The highest BCUT2D eigenvalue weighted by Gasteiger charge is 1.58. The van der Waals surface area contributed by atoms with Crippen LogP contribution in [-0.4, -0.2) is 13.5 Å². The monoisotopic (exact) mass is 184 g/mol. The van der Waals surface area contributed by atoms with Crippen LogP contribution in [0.15, 0.2) is 0 Å². The molecule has 2 radical (unpaired) electrons. The summed E-state index contributed by atoms with van der Waals surface area (Å²) in [5, 5.41) is 0. The molecule has 0 aliphatic carbocycles. The molecule has 3 heteroatoms. The summed E-state index contributed by atoms with van der Waals surface area (Å²) in [4.78, 5) is 0. The highest BCUT2D eigenvalue weighted by molar-refractivity contribution is 14.2. The molecule has 0 aromatic rings. The second-order valence-electron chi connectivity index (χ2n) is 0.276. The minimum Gasteiger partial charge on any atom is -0.0990 e. The van der Waals surface area contributed by atoms with E-state index in [0.717, 1.165) is 5.65 Å². The van der Waals surface area contributed by atoms with Crippen molar-refractivity contribution in [3.63, 3.8) is 0 Å². The van der Waals surface area contributed by atoms with Gasteiger partial charge in [0.25, 0.3) is 0 Å². The molecule has 0 aromatic carbocycles. The first kappa shape index (κ1) is 5.14. The fourth-order valence-corrected chi connectivity index (χ4v) is 0. The molecule has 0 aliphatic rings. The third-order valence-electron chi connectivity index (χ3n) is 0.0630. The van der Waals surface area contributed by atoms with E-state index in [4.69, 9.17) is 7.85 Å². The van der Waals surface area contributed by atoms with Crippen molar-refractivity contribution in [2.24, 2.45) is 0 Å². The summed E-state index contributed by atoms with van der Waals surface area (Å²) in [5.74, 6) is 0. The van der Waals surface area contributed by atoms with Gasteiger partial charge in [-0.3, -0.25) is 0 Å². The summed E-state index contributed by atoms with van der Waals surface area (Å²) in [7, 11) is 6.59. The molecule has 4 heavy (non-hydrogen) atoms. The van der Waals surface area contributed by atoms with Crippen LogP contribution in [0.4, 0.5) is 0 Å². The first-order chi connectivity index (χ1) is 1.91. The molecule has 0 spiro atoms. The Morgan fingerprint density at radius 2 is 2.25 bits per heavy atom. The second kappa shape index (κ2) is 4.14. The van der Waals surface area contributed by atoms with Gasteiger partial charge in [-0.15, -0.1) is 0 Å². The Kier molecular flexibility index (Phi) is 5.33. The number of hydrogen-bond acceptors (Lipinski definition) is 1. The molecule has 0 saturated carbocycles. The Hall–Kier alpha value is 1.14. The Bertz CT molecular complexity index is 10.0. The van der Waals surface area contributed by atoms with Crippen LogP contribution in [0, 0.1) is 0 Å². The number of rotatable bonds is 1. The van der Waals surface area contributed by atoms with Crippen LogP contribution in [-0.2, 0) is 0 Å². The maximum absolute atomic E-state index is 4.98. The van der Waals surface area contributed by atoms with Crippen LogP contribution >= 0.6 is 30.1 Å². The van der Waals surface area contributed by atoms with E-state index in [1.807, 2.05) is 0 Å². The lowest BCUT2D eigenvalue weighted by atomic mass is 10.2. The van der Waals surface area contributed by atoms with Crippen molar-refractivity contribution in [3.05, 3.63) is 0 Å². The largest absolute Gasteiger partial charge is 0.0990 e. The van der Waals surface area contributed by atoms with E-state index in [0.29, 0.717) is 0 Å². The van der Waals surface area contributed by atoms with Gasteiger partial charge in [-0.2, -0.15) is 0 Å². The van der Waals surface area contributed by atoms with Gasteiger partial charge in [-0.05, 0) is 26.9 Å². The van der Waals surface area contributed by atoms with Gasteiger partial charge in [-0.25, -0.2) is 0 Å². The van der Waals surface area contributed by atoms with Crippen molar-refractivity contribution >= 4 is 38.0 Å². The molecule has 0 bridgehead atoms. The molecule has 22 valence electrons. The van der Waals surface area contributed by atoms with Gasteiger partial charge >= 0.3 is 0 Å². The SMILES string of the molecule is [B]CSI. The molecule has 0 nitrogen and oxygen atoms in total. The van der Waals surface area contributed by atoms with Crippen molar-refractivity contribution in [3.8, 4) is 0 Å². The molecule has 0 N–H and O–H groups in total. The normalized spacial score (nSPS) is 7.25. The third kappa shape index (κ3) is 3.14. The van der Waals surface area contributed by atoms with E-state index in [-0.39, 0.29) is 0 Å². The summed E-state index contributed by atoms with van der Waals surface area (Å²) in [5.41, 5.74) is 0.723. The van der Waals surface area contributed by atoms with Gasteiger partial charge in [0.05, 0.1) is 7.85 Å². The minimum atomic E-state index is 0.723. The fraction of sp³-hybridized carbons (Fsp3) is 1.00. The van der Waals surface area contributed by atoms with Gasteiger partial charge in [0.1, 0.15) is 0 Å². The zero-order valence-corrected chi connectivity index (χ0v) is 5.04. The van der Waals surface area contributed by atoms with Crippen LogP contribution in [0.3, 0.4) is 0 Å². The van der Waals surface area contributed by atoms with Crippen LogP contribution in [0.1, 0.15) is 0 Å². The van der Waals surface area contributed by atoms with Crippen molar-refractivity contribution in [1.29, 1.82) is 0 Å². The van der Waals surface area contributed by atoms with Crippen molar-refractivity contribution in [1.82, 2.24) is 0 Å². The van der Waals surface area contributed by atoms with Gasteiger partial charge in [0, 0.05) is 0 Å². The maximum Gasteiger partial charge on any atom is 0.0810 e. The molecule has 0 saturated heterocycles. The standard InChI is InChI=1S/CH2BIS/c2-1-4-3/h1H2. The molecular formula is CH2BIS. The van der Waals surface area contributed by atoms with E-state index in [2.05, 4.69) is 21.2 Å². The van der Waals surface area contributed by atoms with Gasteiger partial charge in [0.2, 0.25) is 0 Å². The van der Waals surface area contributed by atoms with E-state index in [1.165, 1.54) is 0 Å². The summed E-state index contributed by atoms with van der Waals surface area (Å²) >= 11 is 2.14. The number of halogens is 1. The van der Waals surface area contributed by atoms with Crippen LogP contribution in [0.2, 0.25) is 0 Å². The second-order valence-corrected chi connectivity index (χ2v) is 2.70. The summed E-state index contributed by atoms with van der Waals surface area (Å²) < 4.78 is 0. The topological polar surface area (TPSA) is 0 Å². The lowest BCUT2D eigenvalue weighted by Crippen LogP contribution is -1.58. The predicted molar refractivity (Wildman–Crippen MR) is 32.2 cm³/mol. The van der Waals surface area contributed by atoms with Crippen molar-refractivity contribution in [2.75, 3.05) is 5.65 Å². The Morgan fingerprint density at radius 1 is 2.00 bits per heavy atom. The third-order valence-corrected chi connectivity index (χ3v) is 1.27. The molecule has 0 aliphatic heterocycles. The van der Waals surface area contributed by atoms with Gasteiger partial charge < -0.3 is 0 Å². The molecule has 0 heterocycles. The predicted octanol–water partition coefficient (Wildman–Crippen LogP) is 1.20. The first-order valence-electron chi connectivity index (χ1n) is 0.851. The Balaban J connectivity index is 1.97. The zero-order valence-electron chi connectivity index (χ0n) is 2.07. The molecule has 0 atom stereocenters. The Labute approximate surface area is 43.7 Å². The van der Waals surface area contributed by atoms with E-state index < -0.39 is 0 Å². The quantitative estimate of drug-likeness (QED) is 0.435. The average molecular weight is 184 g/mol. The van der Waals surface area contributed by atoms with Crippen LogP contribution in [0.5, 0.6) is 0 Å². The highest BCUT2D eigenvalue weighted by atomic mass is 127. The molecule has 0 unspecified atom stereocenters. The summed E-state index contributed by atoms with van der Waals surface area (Å²) in [6.45, 7) is 0. The van der Waals surface area contributed by atoms with Crippen molar-refractivity contribution < 1.29 is 0 Å². The lowest BCUT2D eigenvalue weighted by molar-refractivity contribution is 2.27. The maximum atomic E-state index is 4.98. The van der Waals surface area contributed by atoms with Gasteiger partial charge in [-0.1, -0.05) is 8.93 Å². The van der Waals surface area contributed by atoms with Crippen LogP contribution < -0.4 is 0 Å². The smallest absolute Gasteiger partial charge is 0.0810 e. The molecule has 0 fully saturated rings. The highest BCUT2D eigenvalue weighted by Crippen LogP contribution is 2.05. The van der Waals surface area contributed by atoms with Gasteiger partial charge in [0.15, 0.2) is 0 Å².